The average molecular weight is 305 g/mol. The van der Waals surface area contributed by atoms with Crippen LogP contribution in [0.1, 0.15) is 11.6 Å². The monoisotopic (exact) mass is 303 g/mol. The quantitative estimate of drug-likeness (QED) is 0.912. The molecule has 13 heavy (non-hydrogen) atoms. The Kier molecular flexibility index (Phi) is 3.85. The van der Waals surface area contributed by atoms with Crippen molar-refractivity contribution < 1.29 is 0 Å². The molecule has 5 heteroatoms. The summed E-state index contributed by atoms with van der Waals surface area (Å²) in [5.41, 5.74) is 0.875. The molecule has 0 bridgehead atoms. The van der Waals surface area contributed by atoms with Crippen LogP contribution in [0.2, 0.25) is 0 Å². The van der Waals surface area contributed by atoms with Gasteiger partial charge < -0.3 is 5.32 Å². The molecule has 0 aliphatic rings. The van der Waals surface area contributed by atoms with Gasteiger partial charge in [-0.2, -0.15) is 5.26 Å². The lowest BCUT2D eigenvalue weighted by Crippen LogP contribution is -2.15. The highest BCUT2D eigenvalue weighted by Gasteiger charge is 2.14. The first kappa shape index (κ1) is 10.6. The molecule has 1 heterocycles. The molecule has 68 valence electrons. The van der Waals surface area contributed by atoms with E-state index in [4.69, 9.17) is 5.26 Å². The van der Waals surface area contributed by atoms with E-state index < -0.39 is 0 Å². The second-order valence-electron chi connectivity index (χ2n) is 2.37. The smallest absolute Gasteiger partial charge is 0.123 e. The Bertz CT molecular complexity index is 325. The Labute approximate surface area is 93.4 Å². The van der Waals surface area contributed by atoms with Gasteiger partial charge in [-0.05, 0) is 38.9 Å². The van der Waals surface area contributed by atoms with Gasteiger partial charge in [0, 0.05) is 26.9 Å². The van der Waals surface area contributed by atoms with Crippen molar-refractivity contribution >= 4 is 31.9 Å². The second-order valence-corrected chi connectivity index (χ2v) is 4.08. The van der Waals surface area contributed by atoms with Crippen molar-refractivity contribution in [3.8, 4) is 6.07 Å². The zero-order valence-corrected chi connectivity index (χ0v) is 10.1. The first-order valence-electron chi connectivity index (χ1n) is 3.56. The summed E-state index contributed by atoms with van der Waals surface area (Å²) in [6.07, 6.45) is 3.34. The van der Waals surface area contributed by atoms with E-state index in [0.29, 0.717) is 0 Å². The second kappa shape index (κ2) is 4.70. The minimum Gasteiger partial charge on any atom is -0.301 e. The van der Waals surface area contributed by atoms with Crippen LogP contribution in [0.5, 0.6) is 0 Å². The number of rotatable bonds is 2. The van der Waals surface area contributed by atoms with E-state index in [-0.39, 0.29) is 6.04 Å². The Morgan fingerprint density at radius 3 is 2.38 bits per heavy atom. The standard InChI is InChI=1S/C8H7Br2N3/c1-12-7(2-11)8-5(9)3-13-4-6(8)10/h3-4,7,12H,1H3. The van der Waals surface area contributed by atoms with Crippen molar-refractivity contribution in [3.63, 3.8) is 0 Å². The van der Waals surface area contributed by atoms with E-state index in [9.17, 15) is 0 Å². The van der Waals surface area contributed by atoms with Crippen molar-refractivity contribution in [1.82, 2.24) is 10.3 Å². The van der Waals surface area contributed by atoms with Gasteiger partial charge in [-0.15, -0.1) is 0 Å². The van der Waals surface area contributed by atoms with E-state index in [0.717, 1.165) is 14.5 Å². The van der Waals surface area contributed by atoms with Gasteiger partial charge in [0.05, 0.1) is 6.07 Å². The van der Waals surface area contributed by atoms with Gasteiger partial charge in [-0.25, -0.2) is 0 Å². The third-order valence-corrected chi connectivity index (χ3v) is 2.86. The first-order chi connectivity index (χ1) is 6.20. The molecule has 0 aliphatic carbocycles. The molecule has 0 fully saturated rings. The fourth-order valence-electron chi connectivity index (χ4n) is 0.971. The van der Waals surface area contributed by atoms with Crippen molar-refractivity contribution in [3.05, 3.63) is 26.9 Å². The molecule has 1 unspecified atom stereocenters. The molecule has 0 saturated heterocycles. The topological polar surface area (TPSA) is 48.7 Å². The van der Waals surface area contributed by atoms with E-state index in [1.54, 1.807) is 19.4 Å². The minimum absolute atomic E-state index is 0.327. The lowest BCUT2D eigenvalue weighted by Gasteiger charge is -2.11. The van der Waals surface area contributed by atoms with Crippen LogP contribution in [0, 0.1) is 11.3 Å². The van der Waals surface area contributed by atoms with Crippen molar-refractivity contribution in [2.45, 2.75) is 6.04 Å². The molecule has 0 amide bonds. The van der Waals surface area contributed by atoms with Gasteiger partial charge in [0.2, 0.25) is 0 Å². The molecule has 1 aromatic heterocycles. The molecule has 1 aromatic rings. The number of nitrogens with one attached hydrogen (secondary N) is 1. The van der Waals surface area contributed by atoms with Gasteiger partial charge >= 0.3 is 0 Å². The van der Waals surface area contributed by atoms with Crippen LogP contribution in [0.15, 0.2) is 21.3 Å². The van der Waals surface area contributed by atoms with Crippen molar-refractivity contribution in [1.29, 1.82) is 5.26 Å². The van der Waals surface area contributed by atoms with Crippen LogP contribution < -0.4 is 5.32 Å². The third kappa shape index (κ3) is 2.27. The van der Waals surface area contributed by atoms with Crippen LogP contribution >= 0.6 is 31.9 Å². The molecular formula is C8H7Br2N3. The van der Waals surface area contributed by atoms with Crippen molar-refractivity contribution in [2.24, 2.45) is 0 Å². The van der Waals surface area contributed by atoms with Gasteiger partial charge in [-0.1, -0.05) is 0 Å². The lowest BCUT2D eigenvalue weighted by molar-refractivity contribution is 0.719. The summed E-state index contributed by atoms with van der Waals surface area (Å²) in [6.45, 7) is 0. The van der Waals surface area contributed by atoms with Gasteiger partial charge in [0.1, 0.15) is 6.04 Å². The summed E-state index contributed by atoms with van der Waals surface area (Å²) in [7, 11) is 1.74. The summed E-state index contributed by atoms with van der Waals surface area (Å²) >= 11 is 6.69. The average Bonchev–Trinajstić information content (AvgIpc) is 2.11. The zero-order chi connectivity index (χ0) is 9.84. The fraction of sp³-hybridized carbons (Fsp3) is 0.250. The third-order valence-electron chi connectivity index (χ3n) is 1.60. The van der Waals surface area contributed by atoms with Crippen LogP contribution in [-0.2, 0) is 0 Å². The van der Waals surface area contributed by atoms with E-state index in [2.05, 4.69) is 48.2 Å². The summed E-state index contributed by atoms with van der Waals surface area (Å²) < 4.78 is 1.64. The Morgan fingerprint density at radius 2 is 2.00 bits per heavy atom. The highest BCUT2D eigenvalue weighted by Crippen LogP contribution is 2.29. The highest BCUT2D eigenvalue weighted by molar-refractivity contribution is 9.11. The zero-order valence-electron chi connectivity index (χ0n) is 6.88. The maximum atomic E-state index is 8.85. The van der Waals surface area contributed by atoms with Gasteiger partial charge in [-0.3, -0.25) is 4.98 Å². The Hall–Kier alpha value is -0.440. The minimum atomic E-state index is -0.327. The molecule has 0 saturated carbocycles. The maximum absolute atomic E-state index is 8.85. The molecule has 3 nitrogen and oxygen atoms in total. The molecule has 1 rings (SSSR count). The number of aromatic nitrogens is 1. The molecule has 1 N–H and O–H groups in total. The van der Waals surface area contributed by atoms with Crippen LogP contribution in [0.25, 0.3) is 0 Å². The predicted molar refractivity (Wildman–Crippen MR) is 57.1 cm³/mol. The first-order valence-corrected chi connectivity index (χ1v) is 5.15. The lowest BCUT2D eigenvalue weighted by atomic mass is 10.1. The number of pyridine rings is 1. The predicted octanol–water partition coefficient (Wildman–Crippen LogP) is 2.39. The van der Waals surface area contributed by atoms with Gasteiger partial charge in [0.25, 0.3) is 0 Å². The summed E-state index contributed by atoms with van der Waals surface area (Å²) in [5, 5.41) is 11.8. The van der Waals surface area contributed by atoms with E-state index >= 15 is 0 Å². The molecule has 0 aromatic carbocycles. The highest BCUT2D eigenvalue weighted by atomic mass is 79.9. The van der Waals surface area contributed by atoms with E-state index in [1.165, 1.54) is 0 Å². The van der Waals surface area contributed by atoms with Crippen molar-refractivity contribution in [2.75, 3.05) is 7.05 Å². The van der Waals surface area contributed by atoms with Gasteiger partial charge in [0.15, 0.2) is 0 Å². The maximum Gasteiger partial charge on any atom is 0.123 e. The largest absolute Gasteiger partial charge is 0.301 e. The molecular weight excluding hydrogens is 298 g/mol. The van der Waals surface area contributed by atoms with Crippen LogP contribution in [0.4, 0.5) is 0 Å². The number of nitriles is 1. The molecule has 0 spiro atoms. The number of halogens is 2. The molecule has 0 radical (unpaired) electrons. The summed E-state index contributed by atoms with van der Waals surface area (Å²) in [5.74, 6) is 0. The summed E-state index contributed by atoms with van der Waals surface area (Å²) in [4.78, 5) is 3.96. The molecule has 0 aliphatic heterocycles. The Morgan fingerprint density at radius 1 is 1.46 bits per heavy atom. The SMILES string of the molecule is CNC(C#N)c1c(Br)cncc1Br. The fourth-order valence-corrected chi connectivity index (χ4v) is 2.36. The number of hydrogen-bond donors (Lipinski definition) is 1. The molecule has 1 atom stereocenters. The van der Waals surface area contributed by atoms with E-state index in [1.807, 2.05) is 0 Å². The number of hydrogen-bond acceptors (Lipinski definition) is 3. The summed E-state index contributed by atoms with van der Waals surface area (Å²) in [6, 6.07) is 1.82. The Balaban J connectivity index is 3.20. The van der Waals surface area contributed by atoms with Crippen LogP contribution in [-0.4, -0.2) is 12.0 Å². The normalized spacial score (nSPS) is 12.2. The number of nitrogens with zero attached hydrogens (tertiary/aromatic N) is 2. The van der Waals surface area contributed by atoms with Crippen LogP contribution in [0.3, 0.4) is 0 Å².